The van der Waals surface area contributed by atoms with Gasteiger partial charge in [-0.2, -0.15) is 5.10 Å². The summed E-state index contributed by atoms with van der Waals surface area (Å²) in [6.07, 6.45) is 3.48. The Kier molecular flexibility index (Phi) is 3.65. The lowest BCUT2D eigenvalue weighted by Crippen LogP contribution is -1.78. The molecule has 6 heteroatoms. The molecule has 0 spiro atoms. The van der Waals surface area contributed by atoms with Crippen LogP contribution in [-0.4, -0.2) is 27.8 Å². The Morgan fingerprint density at radius 3 is 2.78 bits per heavy atom. The summed E-state index contributed by atoms with van der Waals surface area (Å²) in [4.78, 5) is 7.60. The van der Waals surface area contributed by atoms with Gasteiger partial charge in [-0.3, -0.25) is 5.10 Å². The number of H-pyrrole nitrogens is 1. The van der Waals surface area contributed by atoms with Gasteiger partial charge in [0.05, 0.1) is 6.57 Å². The number of benzene rings is 1. The van der Waals surface area contributed by atoms with Crippen molar-refractivity contribution in [2.24, 2.45) is 4.99 Å². The SMILES string of the molecule is [C-]#[N+]c1c(SC)n[nH]c1/N=C/c1ccc(O)cc1. The molecule has 0 unspecified atom stereocenters. The van der Waals surface area contributed by atoms with E-state index in [1.807, 2.05) is 6.26 Å². The summed E-state index contributed by atoms with van der Waals surface area (Å²) in [6.45, 7) is 7.10. The van der Waals surface area contributed by atoms with Crippen LogP contribution in [0.3, 0.4) is 0 Å². The molecule has 2 N–H and O–H groups in total. The van der Waals surface area contributed by atoms with E-state index in [1.54, 1.807) is 30.5 Å². The topological polar surface area (TPSA) is 65.6 Å². The van der Waals surface area contributed by atoms with Gasteiger partial charge in [0, 0.05) is 6.21 Å². The summed E-state index contributed by atoms with van der Waals surface area (Å²) in [7, 11) is 0. The second-order valence-electron chi connectivity index (χ2n) is 3.39. The van der Waals surface area contributed by atoms with Gasteiger partial charge in [-0.1, -0.05) is 0 Å². The summed E-state index contributed by atoms with van der Waals surface area (Å²) in [5.74, 6) is 0.655. The van der Waals surface area contributed by atoms with Crippen molar-refractivity contribution < 1.29 is 5.11 Å². The second-order valence-corrected chi connectivity index (χ2v) is 4.19. The monoisotopic (exact) mass is 258 g/mol. The van der Waals surface area contributed by atoms with E-state index in [-0.39, 0.29) is 5.75 Å². The molecule has 1 aromatic carbocycles. The maximum Gasteiger partial charge on any atom is 0.263 e. The molecule has 0 aliphatic carbocycles. The molecule has 18 heavy (non-hydrogen) atoms. The number of rotatable bonds is 3. The quantitative estimate of drug-likeness (QED) is 0.505. The number of aromatic nitrogens is 2. The van der Waals surface area contributed by atoms with Crippen molar-refractivity contribution in [2.75, 3.05) is 6.26 Å². The number of phenolic OH excluding ortho intramolecular Hbond substituents is 1. The van der Waals surface area contributed by atoms with Crippen molar-refractivity contribution in [3.63, 3.8) is 0 Å². The minimum absolute atomic E-state index is 0.209. The van der Waals surface area contributed by atoms with Gasteiger partial charge in [0.15, 0.2) is 5.82 Å². The van der Waals surface area contributed by atoms with Gasteiger partial charge in [-0.05, 0) is 36.1 Å². The zero-order valence-electron chi connectivity index (χ0n) is 9.58. The van der Waals surface area contributed by atoms with Crippen molar-refractivity contribution in [3.8, 4) is 5.75 Å². The Morgan fingerprint density at radius 2 is 2.17 bits per heavy atom. The van der Waals surface area contributed by atoms with Crippen LogP contribution in [0.2, 0.25) is 0 Å². The van der Waals surface area contributed by atoms with Gasteiger partial charge in [0.25, 0.3) is 5.69 Å². The molecule has 2 rings (SSSR count). The Balaban J connectivity index is 2.26. The van der Waals surface area contributed by atoms with E-state index in [4.69, 9.17) is 11.7 Å². The van der Waals surface area contributed by atoms with Crippen LogP contribution < -0.4 is 0 Å². The Hall–Kier alpha value is -2.26. The molecule has 2 aromatic rings. The van der Waals surface area contributed by atoms with Gasteiger partial charge >= 0.3 is 0 Å². The lowest BCUT2D eigenvalue weighted by molar-refractivity contribution is 0.475. The van der Waals surface area contributed by atoms with Crippen molar-refractivity contribution in [2.45, 2.75) is 5.03 Å². The maximum atomic E-state index is 9.16. The van der Waals surface area contributed by atoms with E-state index in [2.05, 4.69) is 20.0 Å². The van der Waals surface area contributed by atoms with Crippen molar-refractivity contribution in [1.82, 2.24) is 10.2 Å². The van der Waals surface area contributed by atoms with Crippen LogP contribution in [0.5, 0.6) is 5.75 Å². The van der Waals surface area contributed by atoms with Gasteiger partial charge in [-0.25, -0.2) is 9.84 Å². The molecule has 0 radical (unpaired) electrons. The highest BCUT2D eigenvalue weighted by Crippen LogP contribution is 2.34. The molecule has 1 aromatic heterocycles. The summed E-state index contributed by atoms with van der Waals surface area (Å²) in [5.41, 5.74) is 1.27. The third-order valence-electron chi connectivity index (χ3n) is 2.23. The molecule has 0 saturated heterocycles. The lowest BCUT2D eigenvalue weighted by atomic mass is 10.2. The highest BCUT2D eigenvalue weighted by Gasteiger charge is 2.10. The molecule has 0 aliphatic rings. The summed E-state index contributed by atoms with van der Waals surface area (Å²) in [5, 5.41) is 16.5. The molecule has 1 heterocycles. The first-order valence-electron chi connectivity index (χ1n) is 5.07. The van der Waals surface area contributed by atoms with E-state index in [1.165, 1.54) is 11.8 Å². The Bertz CT molecular complexity index is 610. The van der Waals surface area contributed by atoms with Gasteiger partial charge in [0.2, 0.25) is 0 Å². The third-order valence-corrected chi connectivity index (χ3v) is 2.90. The average Bonchev–Trinajstić information content (AvgIpc) is 2.80. The smallest absolute Gasteiger partial charge is 0.263 e. The number of nitrogens with zero attached hydrogens (tertiary/aromatic N) is 3. The van der Waals surface area contributed by atoms with Crippen LogP contribution >= 0.6 is 11.8 Å². The molecule has 0 fully saturated rings. The van der Waals surface area contributed by atoms with E-state index in [9.17, 15) is 0 Å². The van der Waals surface area contributed by atoms with Crippen LogP contribution in [0, 0.1) is 6.57 Å². The van der Waals surface area contributed by atoms with Gasteiger partial charge in [0.1, 0.15) is 10.8 Å². The molecule has 0 atom stereocenters. The van der Waals surface area contributed by atoms with E-state index >= 15 is 0 Å². The first-order chi connectivity index (χ1) is 8.74. The first-order valence-corrected chi connectivity index (χ1v) is 6.30. The zero-order valence-corrected chi connectivity index (χ0v) is 10.4. The zero-order chi connectivity index (χ0) is 13.0. The first kappa shape index (κ1) is 12.2. The van der Waals surface area contributed by atoms with E-state index in [0.29, 0.717) is 16.5 Å². The van der Waals surface area contributed by atoms with Gasteiger partial charge < -0.3 is 5.11 Å². The van der Waals surface area contributed by atoms with Crippen LogP contribution in [0.1, 0.15) is 5.56 Å². The van der Waals surface area contributed by atoms with Crippen LogP contribution in [0.15, 0.2) is 34.3 Å². The molecule has 0 amide bonds. The minimum Gasteiger partial charge on any atom is -0.508 e. The number of aromatic hydroxyl groups is 1. The Labute approximate surface area is 108 Å². The Morgan fingerprint density at radius 1 is 1.44 bits per heavy atom. The maximum absolute atomic E-state index is 9.16. The highest BCUT2D eigenvalue weighted by atomic mass is 32.2. The van der Waals surface area contributed by atoms with Gasteiger partial charge in [-0.15, -0.1) is 11.8 Å². The standard InChI is InChI=1S/C12H10N4OS/c1-13-10-11(15-16-12(10)18-2)14-7-8-3-5-9(17)6-4-8/h3-7,17H,2H3,(H,15,16)/b14-7+. The van der Waals surface area contributed by atoms with E-state index < -0.39 is 0 Å². The van der Waals surface area contributed by atoms with Crippen molar-refractivity contribution >= 4 is 29.5 Å². The minimum atomic E-state index is 0.209. The number of hydrogen-bond acceptors (Lipinski definition) is 4. The molecular formula is C12H10N4OS. The predicted octanol–water partition coefficient (Wildman–Crippen LogP) is 3.14. The molecule has 0 bridgehead atoms. The fourth-order valence-electron chi connectivity index (χ4n) is 1.34. The molecule has 0 aliphatic heterocycles. The summed E-state index contributed by atoms with van der Waals surface area (Å²) >= 11 is 1.40. The number of phenols is 1. The average molecular weight is 258 g/mol. The molecular weight excluding hydrogens is 248 g/mol. The molecule has 90 valence electrons. The van der Waals surface area contributed by atoms with Crippen molar-refractivity contribution in [1.29, 1.82) is 0 Å². The number of thioether (sulfide) groups is 1. The number of nitrogens with one attached hydrogen (secondary N) is 1. The third kappa shape index (κ3) is 2.52. The number of aliphatic imine (C=N–C) groups is 1. The summed E-state index contributed by atoms with van der Waals surface area (Å²) < 4.78 is 0. The second kappa shape index (κ2) is 5.38. The summed E-state index contributed by atoms with van der Waals surface area (Å²) in [6, 6.07) is 6.64. The fourth-order valence-corrected chi connectivity index (χ4v) is 1.82. The lowest BCUT2D eigenvalue weighted by Gasteiger charge is -1.93. The van der Waals surface area contributed by atoms with Crippen LogP contribution in [0.4, 0.5) is 11.5 Å². The normalized spacial score (nSPS) is 10.7. The fraction of sp³-hybridized carbons (Fsp3) is 0.0833. The van der Waals surface area contributed by atoms with Crippen LogP contribution in [-0.2, 0) is 0 Å². The largest absolute Gasteiger partial charge is 0.508 e. The number of hydrogen-bond donors (Lipinski definition) is 2. The molecule has 5 nitrogen and oxygen atoms in total. The predicted molar refractivity (Wildman–Crippen MR) is 72.0 cm³/mol. The molecule has 0 saturated carbocycles. The highest BCUT2D eigenvalue weighted by molar-refractivity contribution is 7.98. The van der Waals surface area contributed by atoms with Crippen LogP contribution in [0.25, 0.3) is 4.85 Å². The van der Waals surface area contributed by atoms with E-state index in [0.717, 1.165) is 5.56 Å². The van der Waals surface area contributed by atoms with Crippen molar-refractivity contribution in [3.05, 3.63) is 41.2 Å². The number of aromatic amines is 1.